The predicted octanol–water partition coefficient (Wildman–Crippen LogP) is -0.491. The van der Waals surface area contributed by atoms with Gasteiger partial charge in [-0.3, -0.25) is 9.59 Å². The lowest BCUT2D eigenvalue weighted by Crippen LogP contribution is -2.44. The Balaban J connectivity index is 1.89. The number of nitrogens with one attached hydrogen (secondary N) is 2. The number of carbonyl (C=O) groups excluding carboxylic acids is 2. The van der Waals surface area contributed by atoms with Gasteiger partial charge in [0.1, 0.15) is 6.04 Å². The van der Waals surface area contributed by atoms with Crippen LogP contribution in [0.5, 0.6) is 0 Å². The van der Waals surface area contributed by atoms with Gasteiger partial charge in [0.15, 0.2) is 0 Å². The summed E-state index contributed by atoms with van der Waals surface area (Å²) in [7, 11) is 1.19. The van der Waals surface area contributed by atoms with Crippen molar-refractivity contribution >= 4 is 17.8 Å². The molecule has 2 rings (SSSR count). The molecule has 7 nitrogen and oxygen atoms in total. The van der Waals surface area contributed by atoms with E-state index in [0.717, 1.165) is 32.4 Å². The number of carboxylic acid groups (broad SMARTS) is 1. The maximum atomic E-state index is 12.1. The molecule has 0 aromatic carbocycles. The molecule has 2 aliphatic rings. The average Bonchev–Trinajstić information content (AvgIpc) is 3.12. The lowest BCUT2D eigenvalue weighted by Gasteiger charge is -2.23. The Morgan fingerprint density at radius 2 is 2.05 bits per heavy atom. The lowest BCUT2D eigenvalue weighted by atomic mass is 9.91. The Labute approximate surface area is 117 Å². The van der Waals surface area contributed by atoms with Gasteiger partial charge in [0.2, 0.25) is 5.91 Å². The SMILES string of the molecule is COC(=O)C[C@H](NC(=O)C1CC12CCNCC2)C(=O)O. The zero-order valence-electron chi connectivity index (χ0n) is 11.5. The molecule has 1 unspecified atom stereocenters. The number of hydrogen-bond donors (Lipinski definition) is 3. The second-order valence-corrected chi connectivity index (χ2v) is 5.55. The molecule has 0 bridgehead atoms. The lowest BCUT2D eigenvalue weighted by molar-refractivity contribution is -0.149. The van der Waals surface area contributed by atoms with Crippen molar-refractivity contribution in [1.29, 1.82) is 0 Å². The van der Waals surface area contributed by atoms with E-state index in [1.807, 2.05) is 0 Å². The molecule has 1 aliphatic heterocycles. The number of hydrogen-bond acceptors (Lipinski definition) is 5. The molecule has 0 aromatic rings. The molecule has 1 amide bonds. The minimum atomic E-state index is -1.22. The Morgan fingerprint density at radius 1 is 1.40 bits per heavy atom. The number of rotatable bonds is 5. The van der Waals surface area contributed by atoms with Gasteiger partial charge in [-0.2, -0.15) is 0 Å². The highest BCUT2D eigenvalue weighted by atomic mass is 16.5. The Hall–Kier alpha value is -1.63. The summed E-state index contributed by atoms with van der Waals surface area (Å²) >= 11 is 0. The molecule has 0 aromatic heterocycles. The maximum Gasteiger partial charge on any atom is 0.326 e. The maximum absolute atomic E-state index is 12.1. The highest BCUT2D eigenvalue weighted by molar-refractivity contribution is 5.89. The summed E-state index contributed by atoms with van der Waals surface area (Å²) in [6.07, 6.45) is 2.35. The second-order valence-electron chi connectivity index (χ2n) is 5.55. The van der Waals surface area contributed by atoms with Crippen LogP contribution in [-0.2, 0) is 19.1 Å². The zero-order valence-corrected chi connectivity index (χ0v) is 11.5. The van der Waals surface area contributed by atoms with Crippen LogP contribution in [0.15, 0.2) is 0 Å². The van der Waals surface area contributed by atoms with Crippen molar-refractivity contribution in [2.24, 2.45) is 11.3 Å². The van der Waals surface area contributed by atoms with Crippen LogP contribution in [0.3, 0.4) is 0 Å². The van der Waals surface area contributed by atoms with Gasteiger partial charge in [0.05, 0.1) is 13.5 Å². The van der Waals surface area contributed by atoms with Gasteiger partial charge in [0, 0.05) is 5.92 Å². The van der Waals surface area contributed by atoms with E-state index in [1.54, 1.807) is 0 Å². The van der Waals surface area contributed by atoms with Crippen molar-refractivity contribution in [2.75, 3.05) is 20.2 Å². The molecule has 3 N–H and O–H groups in total. The van der Waals surface area contributed by atoms with E-state index in [2.05, 4.69) is 15.4 Å². The number of methoxy groups -OCH3 is 1. The minimum absolute atomic E-state index is 0.0453. The van der Waals surface area contributed by atoms with Gasteiger partial charge in [0.25, 0.3) is 0 Å². The summed E-state index contributed by atoms with van der Waals surface area (Å²) in [5.41, 5.74) is 0.0453. The fourth-order valence-corrected chi connectivity index (χ4v) is 2.92. The van der Waals surface area contributed by atoms with Crippen molar-refractivity contribution in [3.63, 3.8) is 0 Å². The van der Waals surface area contributed by atoms with Crippen LogP contribution >= 0.6 is 0 Å². The van der Waals surface area contributed by atoms with Crippen molar-refractivity contribution < 1.29 is 24.2 Å². The summed E-state index contributed by atoms with van der Waals surface area (Å²) in [5, 5.41) is 14.7. The van der Waals surface area contributed by atoms with Gasteiger partial charge in [-0.15, -0.1) is 0 Å². The number of piperidine rings is 1. The van der Waals surface area contributed by atoms with Gasteiger partial charge in [-0.25, -0.2) is 4.79 Å². The molecule has 0 radical (unpaired) electrons. The van der Waals surface area contributed by atoms with E-state index in [9.17, 15) is 14.4 Å². The van der Waals surface area contributed by atoms with E-state index in [-0.39, 0.29) is 23.7 Å². The smallest absolute Gasteiger partial charge is 0.326 e. The summed E-state index contributed by atoms with van der Waals surface area (Å²) < 4.78 is 4.44. The van der Waals surface area contributed by atoms with E-state index in [4.69, 9.17) is 5.11 Å². The fourth-order valence-electron chi connectivity index (χ4n) is 2.92. The van der Waals surface area contributed by atoms with Crippen LogP contribution in [0.4, 0.5) is 0 Å². The Morgan fingerprint density at radius 3 is 2.60 bits per heavy atom. The molecule has 20 heavy (non-hydrogen) atoms. The number of aliphatic carboxylic acids is 1. The highest BCUT2D eigenvalue weighted by Gasteiger charge is 2.57. The van der Waals surface area contributed by atoms with Crippen LogP contribution < -0.4 is 10.6 Å². The molecule has 7 heteroatoms. The van der Waals surface area contributed by atoms with Crippen molar-refractivity contribution in [1.82, 2.24) is 10.6 Å². The first-order chi connectivity index (χ1) is 9.48. The normalized spacial score (nSPS) is 24.8. The van der Waals surface area contributed by atoms with Crippen LogP contribution in [0, 0.1) is 11.3 Å². The summed E-state index contributed by atoms with van der Waals surface area (Å²) in [4.78, 5) is 34.3. The quantitative estimate of drug-likeness (QED) is 0.588. The van der Waals surface area contributed by atoms with Gasteiger partial charge in [-0.05, 0) is 37.8 Å². The topological polar surface area (TPSA) is 105 Å². The minimum Gasteiger partial charge on any atom is -0.480 e. The third-order valence-electron chi connectivity index (χ3n) is 4.32. The van der Waals surface area contributed by atoms with Crippen LogP contribution in [0.25, 0.3) is 0 Å². The standard InChI is InChI=1S/C13H20N2O5/c1-20-10(16)6-9(12(18)19)15-11(17)8-7-13(8)2-4-14-5-3-13/h8-9,14H,2-7H2,1H3,(H,15,17)(H,18,19)/t8?,9-/m0/s1. The molecule has 1 heterocycles. The number of carboxylic acids is 1. The first-order valence-corrected chi connectivity index (χ1v) is 6.79. The largest absolute Gasteiger partial charge is 0.480 e. The zero-order chi connectivity index (χ0) is 14.8. The molecule has 1 spiro atoms. The number of ether oxygens (including phenoxy) is 1. The molecule has 1 saturated heterocycles. The Bertz CT molecular complexity index is 417. The molecular weight excluding hydrogens is 264 g/mol. The van der Waals surface area contributed by atoms with Crippen LogP contribution in [-0.4, -0.2) is 49.2 Å². The molecule has 2 fully saturated rings. The van der Waals surface area contributed by atoms with Gasteiger partial charge in [-0.1, -0.05) is 0 Å². The van der Waals surface area contributed by atoms with E-state index in [0.29, 0.717) is 0 Å². The van der Waals surface area contributed by atoms with Crippen LogP contribution in [0.2, 0.25) is 0 Å². The van der Waals surface area contributed by atoms with E-state index >= 15 is 0 Å². The Kier molecular flexibility index (Phi) is 4.27. The van der Waals surface area contributed by atoms with Crippen molar-refractivity contribution in [2.45, 2.75) is 31.7 Å². The molecule has 1 saturated carbocycles. The summed E-state index contributed by atoms with van der Waals surface area (Å²) in [5.74, 6) is -2.25. The fraction of sp³-hybridized carbons (Fsp3) is 0.769. The second kappa shape index (κ2) is 5.78. The average molecular weight is 284 g/mol. The summed E-state index contributed by atoms with van der Waals surface area (Å²) in [6.45, 7) is 1.79. The molecule has 1 aliphatic carbocycles. The van der Waals surface area contributed by atoms with E-state index < -0.39 is 18.0 Å². The van der Waals surface area contributed by atoms with Crippen LogP contribution in [0.1, 0.15) is 25.7 Å². The number of carbonyl (C=O) groups is 3. The third-order valence-corrected chi connectivity index (χ3v) is 4.32. The predicted molar refractivity (Wildman–Crippen MR) is 68.8 cm³/mol. The van der Waals surface area contributed by atoms with E-state index in [1.165, 1.54) is 7.11 Å². The number of esters is 1. The first-order valence-electron chi connectivity index (χ1n) is 6.79. The highest BCUT2D eigenvalue weighted by Crippen LogP contribution is 2.58. The molecular formula is C13H20N2O5. The third kappa shape index (κ3) is 3.09. The van der Waals surface area contributed by atoms with Crippen molar-refractivity contribution in [3.8, 4) is 0 Å². The number of amides is 1. The van der Waals surface area contributed by atoms with Gasteiger partial charge >= 0.3 is 11.9 Å². The molecule has 2 atom stereocenters. The summed E-state index contributed by atoms with van der Waals surface area (Å²) in [6, 6.07) is -1.21. The molecule has 112 valence electrons. The monoisotopic (exact) mass is 284 g/mol. The van der Waals surface area contributed by atoms with Gasteiger partial charge < -0.3 is 20.5 Å². The first kappa shape index (κ1) is 14.8. The van der Waals surface area contributed by atoms with Crippen molar-refractivity contribution in [3.05, 3.63) is 0 Å².